The molecule has 6 nitrogen and oxygen atoms in total. The van der Waals surface area contributed by atoms with E-state index < -0.39 is 29.4 Å². The molecule has 0 unspecified atom stereocenters. The van der Waals surface area contributed by atoms with E-state index in [0.717, 1.165) is 12.1 Å². The quantitative estimate of drug-likeness (QED) is 0.867. The maximum Gasteiger partial charge on any atom is 0.311 e. The first kappa shape index (κ1) is 16.1. The minimum atomic E-state index is -0.744. The van der Waals surface area contributed by atoms with Gasteiger partial charge in [-0.15, -0.1) is 0 Å². The van der Waals surface area contributed by atoms with E-state index in [9.17, 15) is 18.4 Å². The lowest BCUT2D eigenvalue weighted by Gasteiger charge is -2.17. The summed E-state index contributed by atoms with van der Waals surface area (Å²) in [4.78, 5) is 25.9. The summed E-state index contributed by atoms with van der Waals surface area (Å²) in [5.74, 6) is -3.62. The molecule has 1 aromatic carbocycles. The number of halogens is 2. The summed E-state index contributed by atoms with van der Waals surface area (Å²) < 4.78 is 32.1. The highest BCUT2D eigenvalue weighted by Crippen LogP contribution is 2.35. The summed E-state index contributed by atoms with van der Waals surface area (Å²) in [6.45, 7) is 0.227. The lowest BCUT2D eigenvalue weighted by Crippen LogP contribution is -2.29. The summed E-state index contributed by atoms with van der Waals surface area (Å²) in [6, 6.07) is 3.20. The number of carbonyl (C=O) groups excluding carboxylic acids is 2. The van der Waals surface area contributed by atoms with Crippen molar-refractivity contribution in [2.45, 2.75) is 5.92 Å². The zero-order valence-electron chi connectivity index (χ0n) is 12.8. The van der Waals surface area contributed by atoms with E-state index in [0.29, 0.717) is 5.56 Å². The molecule has 0 spiro atoms. The molecule has 1 aliphatic rings. The number of rotatable bonds is 3. The Morgan fingerprint density at radius 2 is 2.12 bits per heavy atom. The number of esters is 1. The van der Waals surface area contributed by atoms with Gasteiger partial charge in [-0.1, -0.05) is 6.07 Å². The fraction of sp³-hybridized carbons (Fsp3) is 0.312. The molecule has 1 N–H and O–H groups in total. The van der Waals surface area contributed by atoms with Gasteiger partial charge in [0.2, 0.25) is 0 Å². The Morgan fingerprint density at radius 3 is 2.75 bits per heavy atom. The fourth-order valence-corrected chi connectivity index (χ4v) is 3.03. The van der Waals surface area contributed by atoms with Crippen LogP contribution in [-0.2, 0) is 9.53 Å². The van der Waals surface area contributed by atoms with Gasteiger partial charge >= 0.3 is 5.97 Å². The first-order valence-corrected chi connectivity index (χ1v) is 7.32. The second kappa shape index (κ2) is 6.38. The third-order valence-corrected chi connectivity index (χ3v) is 4.22. The molecule has 126 valence electrons. The molecule has 0 radical (unpaired) electrons. The average molecular weight is 335 g/mol. The van der Waals surface area contributed by atoms with Crippen LogP contribution in [0, 0.1) is 17.6 Å². The monoisotopic (exact) mass is 335 g/mol. The van der Waals surface area contributed by atoms with Crippen molar-refractivity contribution in [3.8, 4) is 0 Å². The normalized spacial score (nSPS) is 20.2. The van der Waals surface area contributed by atoms with Gasteiger partial charge in [0.1, 0.15) is 11.6 Å². The first-order valence-electron chi connectivity index (χ1n) is 7.32. The Bertz CT molecular complexity index is 764. The average Bonchev–Trinajstić information content (AvgIpc) is 3.23. The van der Waals surface area contributed by atoms with E-state index in [1.165, 1.54) is 30.5 Å². The molecule has 1 aromatic heterocycles. The molecule has 8 heteroatoms. The predicted octanol–water partition coefficient (Wildman–Crippen LogP) is 1.72. The SMILES string of the molecule is COC(=O)[C@H]1CN(C(=O)c2cn[nH]c2)C[C@@H]1c1ccc(F)cc1F. The number of nitrogens with one attached hydrogen (secondary N) is 1. The number of carbonyl (C=O) groups is 2. The van der Waals surface area contributed by atoms with Crippen LogP contribution in [0.3, 0.4) is 0 Å². The number of ether oxygens (including phenoxy) is 1. The van der Waals surface area contributed by atoms with E-state index in [4.69, 9.17) is 4.74 Å². The Hall–Kier alpha value is -2.77. The minimum absolute atomic E-state index is 0.0954. The van der Waals surface area contributed by atoms with Gasteiger partial charge in [-0.3, -0.25) is 14.7 Å². The molecule has 24 heavy (non-hydrogen) atoms. The number of aromatic amines is 1. The van der Waals surface area contributed by atoms with Crippen LogP contribution in [0.5, 0.6) is 0 Å². The molecule has 1 aliphatic heterocycles. The lowest BCUT2D eigenvalue weighted by atomic mass is 9.88. The second-order valence-corrected chi connectivity index (χ2v) is 5.60. The molecule has 1 amide bonds. The number of methoxy groups -OCH3 is 1. The predicted molar refractivity (Wildman–Crippen MR) is 79.1 cm³/mol. The third-order valence-electron chi connectivity index (χ3n) is 4.22. The molecule has 0 aliphatic carbocycles. The van der Waals surface area contributed by atoms with E-state index in [2.05, 4.69) is 10.2 Å². The van der Waals surface area contributed by atoms with Crippen molar-refractivity contribution in [2.24, 2.45) is 5.92 Å². The van der Waals surface area contributed by atoms with Crippen LogP contribution in [0.1, 0.15) is 21.8 Å². The van der Waals surface area contributed by atoms with Gasteiger partial charge in [0.15, 0.2) is 0 Å². The largest absolute Gasteiger partial charge is 0.469 e. The fourth-order valence-electron chi connectivity index (χ4n) is 3.03. The number of hydrogen-bond donors (Lipinski definition) is 1. The topological polar surface area (TPSA) is 75.3 Å². The zero-order valence-corrected chi connectivity index (χ0v) is 12.8. The molecule has 0 saturated carbocycles. The summed E-state index contributed by atoms with van der Waals surface area (Å²) in [5.41, 5.74) is 0.535. The van der Waals surface area contributed by atoms with Gasteiger partial charge < -0.3 is 9.64 Å². The minimum Gasteiger partial charge on any atom is -0.469 e. The molecular formula is C16H15F2N3O3. The third kappa shape index (κ3) is 2.86. The van der Waals surface area contributed by atoms with E-state index in [-0.39, 0.29) is 24.6 Å². The number of benzene rings is 1. The Balaban J connectivity index is 1.91. The van der Waals surface area contributed by atoms with Gasteiger partial charge in [0, 0.05) is 31.3 Å². The van der Waals surface area contributed by atoms with Gasteiger partial charge in [0.25, 0.3) is 5.91 Å². The van der Waals surface area contributed by atoms with Crippen LogP contribution in [0.15, 0.2) is 30.6 Å². The molecule has 1 fully saturated rings. The molecule has 2 heterocycles. The molecule has 1 saturated heterocycles. The smallest absolute Gasteiger partial charge is 0.311 e. The van der Waals surface area contributed by atoms with Crippen LogP contribution in [0.4, 0.5) is 8.78 Å². The standard InChI is InChI=1S/C16H15F2N3O3/c1-24-16(23)13-8-21(15(22)9-5-19-20-6-9)7-12(13)11-3-2-10(17)4-14(11)18/h2-6,12-13H,7-8H2,1H3,(H,19,20)/t12-,13+/m1/s1. The highest BCUT2D eigenvalue weighted by atomic mass is 19.1. The first-order chi connectivity index (χ1) is 11.5. The van der Waals surface area contributed by atoms with Crippen LogP contribution in [0.2, 0.25) is 0 Å². The van der Waals surface area contributed by atoms with Crippen molar-refractivity contribution in [1.29, 1.82) is 0 Å². The summed E-state index contributed by atoms with van der Waals surface area (Å²) >= 11 is 0. The molecule has 3 rings (SSSR count). The second-order valence-electron chi connectivity index (χ2n) is 5.60. The molecule has 0 bridgehead atoms. The number of H-pyrrole nitrogens is 1. The number of aromatic nitrogens is 2. The van der Waals surface area contributed by atoms with Gasteiger partial charge in [-0.2, -0.15) is 5.10 Å². The van der Waals surface area contributed by atoms with Crippen LogP contribution in [-0.4, -0.2) is 47.2 Å². The Labute approximate surface area is 136 Å². The lowest BCUT2D eigenvalue weighted by molar-refractivity contribution is -0.145. The maximum absolute atomic E-state index is 14.1. The van der Waals surface area contributed by atoms with Crippen molar-refractivity contribution < 1.29 is 23.1 Å². The highest BCUT2D eigenvalue weighted by Gasteiger charge is 2.42. The Kier molecular flexibility index (Phi) is 4.28. The van der Waals surface area contributed by atoms with Crippen molar-refractivity contribution >= 4 is 11.9 Å². The van der Waals surface area contributed by atoms with Crippen LogP contribution in [0.25, 0.3) is 0 Å². The summed E-state index contributed by atoms with van der Waals surface area (Å²) in [5, 5.41) is 6.27. The Morgan fingerprint density at radius 1 is 1.33 bits per heavy atom. The van der Waals surface area contributed by atoms with Crippen molar-refractivity contribution in [1.82, 2.24) is 15.1 Å². The molecule has 2 atom stereocenters. The van der Waals surface area contributed by atoms with Gasteiger partial charge in [0.05, 0.1) is 24.8 Å². The summed E-state index contributed by atoms with van der Waals surface area (Å²) in [6.07, 6.45) is 2.82. The maximum atomic E-state index is 14.1. The number of amides is 1. The number of likely N-dealkylation sites (tertiary alicyclic amines) is 1. The highest BCUT2D eigenvalue weighted by molar-refractivity contribution is 5.94. The van der Waals surface area contributed by atoms with Gasteiger partial charge in [-0.05, 0) is 11.6 Å². The van der Waals surface area contributed by atoms with E-state index in [1.54, 1.807) is 0 Å². The van der Waals surface area contributed by atoms with Crippen molar-refractivity contribution in [2.75, 3.05) is 20.2 Å². The van der Waals surface area contributed by atoms with Crippen LogP contribution < -0.4 is 0 Å². The summed E-state index contributed by atoms with van der Waals surface area (Å²) in [7, 11) is 1.24. The van der Waals surface area contributed by atoms with Crippen molar-refractivity contribution in [3.05, 3.63) is 53.4 Å². The number of nitrogens with zero attached hydrogens (tertiary/aromatic N) is 2. The zero-order chi connectivity index (χ0) is 17.3. The van der Waals surface area contributed by atoms with Crippen molar-refractivity contribution in [3.63, 3.8) is 0 Å². The van der Waals surface area contributed by atoms with E-state index >= 15 is 0 Å². The molecular weight excluding hydrogens is 320 g/mol. The molecule has 2 aromatic rings. The van der Waals surface area contributed by atoms with Gasteiger partial charge in [-0.25, -0.2) is 8.78 Å². The van der Waals surface area contributed by atoms with Crippen LogP contribution >= 0.6 is 0 Å². The van der Waals surface area contributed by atoms with E-state index in [1.807, 2.05) is 0 Å². The number of hydrogen-bond acceptors (Lipinski definition) is 4.